The third-order valence-corrected chi connectivity index (χ3v) is 2.67. The lowest BCUT2D eigenvalue weighted by atomic mass is 10.2. The minimum atomic E-state index is 0.255. The molecule has 0 bridgehead atoms. The number of nitrogens with one attached hydrogen (secondary N) is 1. The maximum Gasteiger partial charge on any atom is 0.0585 e. The minimum absolute atomic E-state index is 0.255. The molecular weight excluding hydrogens is 170 g/mol. The normalized spacial score (nSPS) is 16.0. The van der Waals surface area contributed by atoms with E-state index in [9.17, 15) is 0 Å². The molecule has 0 aliphatic heterocycles. The van der Waals surface area contributed by atoms with Gasteiger partial charge in [0.2, 0.25) is 0 Å². The van der Waals surface area contributed by atoms with Crippen molar-refractivity contribution in [3.05, 3.63) is 0 Å². The Morgan fingerprint density at radius 3 is 2.58 bits per heavy atom. The molecule has 0 aliphatic carbocycles. The first-order valence-electron chi connectivity index (χ1n) is 4.60. The van der Waals surface area contributed by atoms with Gasteiger partial charge >= 0.3 is 0 Å². The first-order valence-corrected chi connectivity index (χ1v) is 5.99. The molecule has 0 aromatic heterocycles. The van der Waals surface area contributed by atoms with E-state index < -0.39 is 0 Å². The summed E-state index contributed by atoms with van der Waals surface area (Å²) in [5.41, 5.74) is 0. The van der Waals surface area contributed by atoms with Crippen LogP contribution in [-0.4, -0.2) is 35.8 Å². The molecule has 3 heteroatoms. The number of hydrogen-bond donors (Lipinski definition) is 2. The van der Waals surface area contributed by atoms with E-state index >= 15 is 0 Å². The van der Waals surface area contributed by atoms with E-state index in [0.717, 1.165) is 18.6 Å². The van der Waals surface area contributed by atoms with Crippen LogP contribution < -0.4 is 5.32 Å². The molecule has 2 nitrogen and oxygen atoms in total. The molecule has 2 unspecified atom stereocenters. The number of aliphatic hydroxyl groups is 1. The first kappa shape index (κ1) is 12.3. The van der Waals surface area contributed by atoms with Crippen LogP contribution in [-0.2, 0) is 0 Å². The lowest BCUT2D eigenvalue weighted by molar-refractivity contribution is 0.229. The van der Waals surface area contributed by atoms with Crippen molar-refractivity contribution in [3.63, 3.8) is 0 Å². The van der Waals surface area contributed by atoms with Gasteiger partial charge in [-0.15, -0.1) is 0 Å². The van der Waals surface area contributed by atoms with Crippen molar-refractivity contribution < 1.29 is 5.11 Å². The summed E-state index contributed by atoms with van der Waals surface area (Å²) >= 11 is 1.83. The second-order valence-electron chi connectivity index (χ2n) is 3.14. The van der Waals surface area contributed by atoms with E-state index in [2.05, 4.69) is 25.4 Å². The Hall–Kier alpha value is 0.270. The summed E-state index contributed by atoms with van der Waals surface area (Å²) in [6.45, 7) is 4.56. The molecule has 0 spiro atoms. The fourth-order valence-electron chi connectivity index (χ4n) is 1.01. The van der Waals surface area contributed by atoms with Gasteiger partial charge in [0.05, 0.1) is 6.61 Å². The van der Waals surface area contributed by atoms with Gasteiger partial charge in [0.15, 0.2) is 0 Å². The van der Waals surface area contributed by atoms with Gasteiger partial charge in [-0.2, -0.15) is 11.8 Å². The maximum atomic E-state index is 9.03. The Morgan fingerprint density at radius 2 is 2.17 bits per heavy atom. The standard InChI is InChI=1S/C9H21NOS/c1-4-8(2)10-9(7-11)5-6-12-3/h8-11H,4-7H2,1-3H3. The van der Waals surface area contributed by atoms with E-state index in [1.807, 2.05) is 11.8 Å². The van der Waals surface area contributed by atoms with Crippen LogP contribution in [0.1, 0.15) is 26.7 Å². The van der Waals surface area contributed by atoms with Crippen LogP contribution in [0.2, 0.25) is 0 Å². The van der Waals surface area contributed by atoms with Gasteiger partial charge in [-0.3, -0.25) is 0 Å². The summed E-state index contributed by atoms with van der Waals surface area (Å²) in [4.78, 5) is 0. The van der Waals surface area contributed by atoms with Gasteiger partial charge in [-0.1, -0.05) is 6.92 Å². The minimum Gasteiger partial charge on any atom is -0.395 e. The van der Waals surface area contributed by atoms with Gasteiger partial charge in [0.1, 0.15) is 0 Å². The molecule has 0 aromatic rings. The Kier molecular flexibility index (Phi) is 8.07. The number of aliphatic hydroxyl groups excluding tert-OH is 1. The van der Waals surface area contributed by atoms with Crippen LogP contribution in [0.4, 0.5) is 0 Å². The quantitative estimate of drug-likeness (QED) is 0.639. The van der Waals surface area contributed by atoms with E-state index in [0.29, 0.717) is 6.04 Å². The molecule has 0 saturated heterocycles. The predicted octanol–water partition coefficient (Wildman–Crippen LogP) is 1.49. The number of thioether (sulfide) groups is 1. The van der Waals surface area contributed by atoms with Crippen LogP contribution >= 0.6 is 11.8 Å². The highest BCUT2D eigenvalue weighted by Gasteiger charge is 2.08. The van der Waals surface area contributed by atoms with Crippen LogP contribution in [0.15, 0.2) is 0 Å². The van der Waals surface area contributed by atoms with E-state index in [-0.39, 0.29) is 12.6 Å². The lowest BCUT2D eigenvalue weighted by Crippen LogP contribution is -2.39. The SMILES string of the molecule is CCC(C)NC(CO)CCSC. The fourth-order valence-corrected chi connectivity index (χ4v) is 1.53. The monoisotopic (exact) mass is 191 g/mol. The lowest BCUT2D eigenvalue weighted by Gasteiger charge is -2.20. The summed E-state index contributed by atoms with van der Waals surface area (Å²) in [6.07, 6.45) is 4.27. The zero-order chi connectivity index (χ0) is 9.40. The van der Waals surface area contributed by atoms with Crippen molar-refractivity contribution >= 4 is 11.8 Å². The molecule has 0 saturated carbocycles. The molecule has 0 fully saturated rings. The molecular formula is C9H21NOS. The highest BCUT2D eigenvalue weighted by molar-refractivity contribution is 7.98. The third-order valence-electron chi connectivity index (χ3n) is 2.02. The van der Waals surface area contributed by atoms with Gasteiger partial charge in [0, 0.05) is 12.1 Å². The summed E-state index contributed by atoms with van der Waals surface area (Å²) in [6, 6.07) is 0.802. The zero-order valence-corrected chi connectivity index (χ0v) is 9.16. The Labute approximate surface area is 80.1 Å². The maximum absolute atomic E-state index is 9.03. The summed E-state index contributed by atoms with van der Waals surface area (Å²) in [5.74, 6) is 1.12. The average molecular weight is 191 g/mol. The molecule has 74 valence electrons. The second-order valence-corrected chi connectivity index (χ2v) is 4.12. The molecule has 0 heterocycles. The summed E-state index contributed by atoms with van der Waals surface area (Å²) < 4.78 is 0. The zero-order valence-electron chi connectivity index (χ0n) is 8.34. The summed E-state index contributed by atoms with van der Waals surface area (Å²) in [7, 11) is 0. The van der Waals surface area contributed by atoms with Crippen molar-refractivity contribution in [2.45, 2.75) is 38.8 Å². The van der Waals surface area contributed by atoms with Gasteiger partial charge in [0.25, 0.3) is 0 Å². The molecule has 0 radical (unpaired) electrons. The number of rotatable bonds is 7. The predicted molar refractivity (Wildman–Crippen MR) is 56.8 cm³/mol. The van der Waals surface area contributed by atoms with Gasteiger partial charge < -0.3 is 10.4 Å². The van der Waals surface area contributed by atoms with Crippen molar-refractivity contribution in [3.8, 4) is 0 Å². The molecule has 2 N–H and O–H groups in total. The summed E-state index contributed by atoms with van der Waals surface area (Å²) in [5, 5.41) is 12.4. The van der Waals surface area contributed by atoms with Crippen LogP contribution in [0.25, 0.3) is 0 Å². The molecule has 0 aliphatic rings. The molecule has 0 amide bonds. The van der Waals surface area contributed by atoms with Crippen molar-refractivity contribution in [1.29, 1.82) is 0 Å². The fraction of sp³-hybridized carbons (Fsp3) is 1.00. The Morgan fingerprint density at radius 1 is 1.50 bits per heavy atom. The van der Waals surface area contributed by atoms with Crippen molar-refractivity contribution in [2.24, 2.45) is 0 Å². The van der Waals surface area contributed by atoms with Gasteiger partial charge in [-0.05, 0) is 31.8 Å². The largest absolute Gasteiger partial charge is 0.395 e. The topological polar surface area (TPSA) is 32.3 Å². The van der Waals surface area contributed by atoms with Crippen molar-refractivity contribution in [2.75, 3.05) is 18.6 Å². The first-order chi connectivity index (χ1) is 5.74. The van der Waals surface area contributed by atoms with Crippen LogP contribution in [0.3, 0.4) is 0 Å². The Bertz CT molecular complexity index is 101. The smallest absolute Gasteiger partial charge is 0.0585 e. The molecule has 0 aromatic carbocycles. The highest BCUT2D eigenvalue weighted by Crippen LogP contribution is 2.02. The number of hydrogen-bond acceptors (Lipinski definition) is 3. The molecule has 2 atom stereocenters. The Balaban J connectivity index is 3.51. The molecule has 0 rings (SSSR count). The van der Waals surface area contributed by atoms with E-state index in [4.69, 9.17) is 5.11 Å². The average Bonchev–Trinajstić information content (AvgIpc) is 2.11. The molecule has 12 heavy (non-hydrogen) atoms. The van der Waals surface area contributed by atoms with E-state index in [1.165, 1.54) is 0 Å². The van der Waals surface area contributed by atoms with E-state index in [1.54, 1.807) is 0 Å². The second kappa shape index (κ2) is 7.90. The van der Waals surface area contributed by atoms with Crippen LogP contribution in [0.5, 0.6) is 0 Å². The third kappa shape index (κ3) is 5.86. The van der Waals surface area contributed by atoms with Crippen LogP contribution in [0, 0.1) is 0 Å². The highest BCUT2D eigenvalue weighted by atomic mass is 32.2. The van der Waals surface area contributed by atoms with Crippen molar-refractivity contribution in [1.82, 2.24) is 5.32 Å². The van der Waals surface area contributed by atoms with Gasteiger partial charge in [-0.25, -0.2) is 0 Å².